The molecule has 0 radical (unpaired) electrons. The van der Waals surface area contributed by atoms with Gasteiger partial charge in [-0.05, 0) is 49.1 Å². The van der Waals surface area contributed by atoms with Crippen LogP contribution in [0.2, 0.25) is 0 Å². The van der Waals surface area contributed by atoms with Crippen molar-refractivity contribution in [3.8, 4) is 0 Å². The Labute approximate surface area is 125 Å². The quantitative estimate of drug-likeness (QED) is 0.819. The van der Waals surface area contributed by atoms with Crippen LogP contribution in [0.15, 0.2) is 15.7 Å². The number of hydrogen-bond acceptors (Lipinski definition) is 3. The fourth-order valence-electron chi connectivity index (χ4n) is 3.59. The predicted octanol–water partition coefficient (Wildman–Crippen LogP) is 5.23. The van der Waals surface area contributed by atoms with Gasteiger partial charge in [0.25, 0.3) is 0 Å². The third-order valence-corrected chi connectivity index (χ3v) is 7.07. The summed E-state index contributed by atoms with van der Waals surface area (Å²) in [5.41, 5.74) is 1.57. The molecule has 0 bridgehead atoms. The fourth-order valence-corrected chi connectivity index (χ4v) is 6.16. The Balaban J connectivity index is 1.66. The first-order chi connectivity index (χ1) is 9.24. The van der Waals surface area contributed by atoms with Crippen molar-refractivity contribution < 1.29 is 0 Å². The van der Waals surface area contributed by atoms with Crippen LogP contribution in [-0.4, -0.2) is 11.3 Å². The topological polar surface area (TPSA) is 12.0 Å². The van der Waals surface area contributed by atoms with E-state index in [9.17, 15) is 0 Å². The zero-order chi connectivity index (χ0) is 13.2. The highest BCUT2D eigenvalue weighted by Crippen LogP contribution is 2.44. The molecule has 1 unspecified atom stereocenters. The summed E-state index contributed by atoms with van der Waals surface area (Å²) in [4.78, 5) is 0. The van der Waals surface area contributed by atoms with E-state index in [0.29, 0.717) is 12.1 Å². The van der Waals surface area contributed by atoms with Crippen LogP contribution < -0.4 is 5.32 Å². The molecular formula is C16H25NS2. The molecule has 1 aliphatic carbocycles. The summed E-state index contributed by atoms with van der Waals surface area (Å²) in [6.45, 7) is 4.78. The molecule has 19 heavy (non-hydrogen) atoms. The number of rotatable bonds is 3. The second-order valence-corrected chi connectivity index (χ2v) is 8.86. The van der Waals surface area contributed by atoms with E-state index in [0.717, 1.165) is 11.2 Å². The third kappa shape index (κ3) is 3.20. The third-order valence-electron chi connectivity index (χ3n) is 4.73. The van der Waals surface area contributed by atoms with Crippen LogP contribution in [0.25, 0.3) is 0 Å². The molecule has 2 aliphatic rings. The van der Waals surface area contributed by atoms with Crippen molar-refractivity contribution >= 4 is 23.1 Å². The van der Waals surface area contributed by atoms with Gasteiger partial charge in [0.05, 0.1) is 4.21 Å². The highest BCUT2D eigenvalue weighted by molar-refractivity contribution is 8.01. The van der Waals surface area contributed by atoms with Gasteiger partial charge in [-0.25, -0.2) is 0 Å². The minimum absolute atomic E-state index is 0.592. The summed E-state index contributed by atoms with van der Waals surface area (Å²) in [5, 5.41) is 6.97. The van der Waals surface area contributed by atoms with E-state index < -0.39 is 0 Å². The average molecular weight is 296 g/mol. The van der Waals surface area contributed by atoms with Crippen molar-refractivity contribution in [3.05, 3.63) is 17.0 Å². The van der Waals surface area contributed by atoms with Crippen molar-refractivity contribution in [1.82, 2.24) is 5.32 Å². The van der Waals surface area contributed by atoms with Crippen LogP contribution in [0.4, 0.5) is 0 Å². The Morgan fingerprint density at radius 3 is 2.84 bits per heavy atom. The molecule has 1 saturated carbocycles. The Morgan fingerprint density at radius 2 is 2.05 bits per heavy atom. The van der Waals surface area contributed by atoms with E-state index in [1.54, 1.807) is 9.77 Å². The Hall–Kier alpha value is 0.01000. The average Bonchev–Trinajstić information content (AvgIpc) is 2.88. The first-order valence-corrected chi connectivity index (χ1v) is 9.50. The molecule has 1 N–H and O–H groups in total. The van der Waals surface area contributed by atoms with E-state index in [1.165, 1.54) is 38.5 Å². The highest BCUT2D eigenvalue weighted by atomic mass is 32.2. The van der Waals surface area contributed by atoms with E-state index in [1.807, 2.05) is 11.3 Å². The van der Waals surface area contributed by atoms with Gasteiger partial charge in [0.2, 0.25) is 0 Å². The summed E-state index contributed by atoms with van der Waals surface area (Å²) in [6, 6.07) is 3.60. The molecule has 3 heteroatoms. The molecule has 1 nitrogen and oxygen atoms in total. The van der Waals surface area contributed by atoms with Gasteiger partial charge >= 0.3 is 0 Å². The number of nitrogens with one attached hydrogen (secondary N) is 1. The summed E-state index contributed by atoms with van der Waals surface area (Å²) < 4.78 is 1.55. The molecule has 1 aliphatic heterocycles. The molecule has 0 saturated heterocycles. The lowest BCUT2D eigenvalue weighted by Gasteiger charge is -2.34. The van der Waals surface area contributed by atoms with E-state index >= 15 is 0 Å². The van der Waals surface area contributed by atoms with Crippen LogP contribution in [0.3, 0.4) is 0 Å². The minimum atomic E-state index is 0.592. The van der Waals surface area contributed by atoms with Crippen molar-refractivity contribution in [1.29, 1.82) is 0 Å². The van der Waals surface area contributed by atoms with Crippen molar-refractivity contribution in [3.63, 3.8) is 0 Å². The van der Waals surface area contributed by atoms with Gasteiger partial charge in [-0.1, -0.05) is 26.2 Å². The standard InChI is InChI=1S/C16H25NS2/c1-11-10-15(14-8-9-18-16(14)19-11)17-12(2)13-6-4-3-5-7-13/h8-9,11-13,15,17H,3-7,10H2,1-2H3/t11-,12+,15?/m0/s1. The molecule has 3 atom stereocenters. The van der Waals surface area contributed by atoms with Crippen LogP contribution in [0.1, 0.15) is 64.0 Å². The Morgan fingerprint density at radius 1 is 1.26 bits per heavy atom. The normalized spacial score (nSPS) is 30.0. The van der Waals surface area contributed by atoms with Crippen molar-refractivity contribution in [2.45, 2.75) is 73.9 Å². The largest absolute Gasteiger partial charge is 0.307 e. The molecule has 0 aromatic carbocycles. The second-order valence-electron chi connectivity index (χ2n) is 6.23. The lowest BCUT2D eigenvalue weighted by molar-refractivity contribution is 0.259. The van der Waals surface area contributed by atoms with Crippen LogP contribution in [0, 0.1) is 5.92 Å². The van der Waals surface area contributed by atoms with Crippen molar-refractivity contribution in [2.75, 3.05) is 0 Å². The molecule has 0 amide bonds. The minimum Gasteiger partial charge on any atom is -0.307 e. The molecule has 1 aromatic heterocycles. The lowest BCUT2D eigenvalue weighted by atomic mass is 9.84. The van der Waals surface area contributed by atoms with Gasteiger partial charge in [-0.2, -0.15) is 0 Å². The molecule has 2 heterocycles. The number of hydrogen-bond donors (Lipinski definition) is 1. The highest BCUT2D eigenvalue weighted by Gasteiger charge is 2.29. The lowest BCUT2D eigenvalue weighted by Crippen LogP contribution is -2.39. The van der Waals surface area contributed by atoms with E-state index in [2.05, 4.69) is 42.4 Å². The number of fused-ring (bicyclic) bond motifs is 1. The first kappa shape index (κ1) is 14.0. The summed E-state index contributed by atoms with van der Waals surface area (Å²) >= 11 is 3.98. The van der Waals surface area contributed by atoms with Crippen molar-refractivity contribution in [2.24, 2.45) is 5.92 Å². The smallest absolute Gasteiger partial charge is 0.0649 e. The maximum atomic E-state index is 3.95. The van der Waals surface area contributed by atoms with Gasteiger partial charge in [-0.15, -0.1) is 23.1 Å². The molecule has 106 valence electrons. The number of thioether (sulfide) groups is 1. The summed E-state index contributed by atoms with van der Waals surface area (Å²) in [6.07, 6.45) is 8.48. The van der Waals surface area contributed by atoms with E-state index in [-0.39, 0.29) is 0 Å². The molecule has 3 rings (SSSR count). The zero-order valence-corrected chi connectivity index (χ0v) is 13.7. The molecule has 1 aromatic rings. The summed E-state index contributed by atoms with van der Waals surface area (Å²) in [5.74, 6) is 0.903. The van der Waals surface area contributed by atoms with Gasteiger partial charge in [-0.3, -0.25) is 0 Å². The van der Waals surface area contributed by atoms with E-state index in [4.69, 9.17) is 0 Å². The molecule has 1 fully saturated rings. The fraction of sp³-hybridized carbons (Fsp3) is 0.750. The van der Waals surface area contributed by atoms with Gasteiger partial charge in [0.1, 0.15) is 0 Å². The Kier molecular flexibility index (Phi) is 4.55. The van der Waals surface area contributed by atoms with Crippen LogP contribution in [-0.2, 0) is 0 Å². The second kappa shape index (κ2) is 6.19. The van der Waals surface area contributed by atoms with Gasteiger partial charge < -0.3 is 5.32 Å². The molecule has 0 spiro atoms. The summed E-state index contributed by atoms with van der Waals surface area (Å²) in [7, 11) is 0. The molecular weight excluding hydrogens is 270 g/mol. The maximum Gasteiger partial charge on any atom is 0.0649 e. The van der Waals surface area contributed by atoms with Gasteiger partial charge in [0, 0.05) is 17.3 Å². The number of thiophene rings is 1. The Bertz CT molecular complexity index is 409. The van der Waals surface area contributed by atoms with Gasteiger partial charge in [0.15, 0.2) is 0 Å². The van der Waals surface area contributed by atoms with Crippen LogP contribution in [0.5, 0.6) is 0 Å². The zero-order valence-electron chi connectivity index (χ0n) is 12.0. The van der Waals surface area contributed by atoms with Crippen LogP contribution >= 0.6 is 23.1 Å². The predicted molar refractivity (Wildman–Crippen MR) is 86.2 cm³/mol. The monoisotopic (exact) mass is 295 g/mol. The first-order valence-electron chi connectivity index (χ1n) is 7.74. The maximum absolute atomic E-state index is 3.95. The SMILES string of the molecule is C[C@H]1CC(N[C@H](C)C2CCCCC2)c2ccsc2S1.